The Hall–Kier alpha value is -0.0800. The van der Waals surface area contributed by atoms with Crippen molar-refractivity contribution in [2.24, 2.45) is 11.5 Å². The highest BCUT2D eigenvalue weighted by Gasteiger charge is 1.35. The van der Waals surface area contributed by atoms with Gasteiger partial charge in [0.15, 0.2) is 0 Å². The second-order valence-electron chi connectivity index (χ2n) is 0.707. The predicted molar refractivity (Wildman–Crippen MR) is 47.5 cm³/mol. The van der Waals surface area contributed by atoms with Crippen LogP contribution in [0.5, 0.6) is 0 Å². The van der Waals surface area contributed by atoms with Gasteiger partial charge in [0.05, 0.1) is 0 Å². The lowest BCUT2D eigenvalue weighted by Crippen LogP contribution is -1.69. The lowest BCUT2D eigenvalue weighted by molar-refractivity contribution is 1.09. The maximum absolute atomic E-state index is 4.50. The van der Waals surface area contributed by atoms with Crippen LogP contribution in [0.15, 0.2) is 0 Å². The third kappa shape index (κ3) is 43400. The van der Waals surface area contributed by atoms with E-state index in [1.54, 1.807) is 0 Å². The molecule has 9 heavy (non-hydrogen) atoms. The summed E-state index contributed by atoms with van der Waals surface area (Å²) in [6, 6.07) is 0. The molecule has 0 unspecified atom stereocenters. The molecule has 0 aromatic rings. The van der Waals surface area contributed by atoms with Crippen molar-refractivity contribution >= 4 is 0 Å². The van der Waals surface area contributed by atoms with Gasteiger partial charge in [-0.05, 0) is 14.1 Å². The van der Waals surface area contributed by atoms with Crippen molar-refractivity contribution in [1.29, 1.82) is 0 Å². The Morgan fingerprint density at radius 3 is 0.778 bits per heavy atom. The summed E-state index contributed by atoms with van der Waals surface area (Å²) < 4.78 is 0. The standard InChI is InChI=1S/C3H8.C2H6.2CH5N/c1-3-2;3*1-2/h3H2,1-2H3;1-2H3;2*2H2,1H3. The van der Waals surface area contributed by atoms with E-state index in [0.29, 0.717) is 0 Å². The van der Waals surface area contributed by atoms with Gasteiger partial charge in [0.25, 0.3) is 0 Å². The predicted octanol–water partition coefficient (Wildman–Crippen LogP) is 1.59. The van der Waals surface area contributed by atoms with Crippen LogP contribution >= 0.6 is 0 Å². The summed E-state index contributed by atoms with van der Waals surface area (Å²) in [6.45, 7) is 8.25. The summed E-state index contributed by atoms with van der Waals surface area (Å²) in [5, 5.41) is 0. The molecule has 0 fully saturated rings. The maximum atomic E-state index is 4.50. The van der Waals surface area contributed by atoms with E-state index in [4.69, 9.17) is 0 Å². The Balaban J connectivity index is -0.0000000190. The summed E-state index contributed by atoms with van der Waals surface area (Å²) in [6.07, 6.45) is 1.25. The second-order valence-corrected chi connectivity index (χ2v) is 0.707. The van der Waals surface area contributed by atoms with E-state index in [1.807, 2.05) is 13.8 Å². The largest absolute Gasteiger partial charge is 0.333 e. The minimum absolute atomic E-state index is 1.25. The molecule has 0 aromatic heterocycles. The lowest BCUT2D eigenvalue weighted by atomic mass is 10.6. The SMILES string of the molecule is CC.CCC.CN.CN. The van der Waals surface area contributed by atoms with E-state index in [1.165, 1.54) is 20.5 Å². The van der Waals surface area contributed by atoms with Crippen LogP contribution in [0.3, 0.4) is 0 Å². The first-order valence-corrected chi connectivity index (χ1v) is 3.57. The van der Waals surface area contributed by atoms with Gasteiger partial charge in [0.1, 0.15) is 0 Å². The molecule has 0 aliphatic heterocycles. The van der Waals surface area contributed by atoms with Crippen molar-refractivity contribution in [2.75, 3.05) is 14.1 Å². The molecule has 0 spiro atoms. The normalized spacial score (nSPS) is 4.00. The molecule has 0 radical (unpaired) electrons. The van der Waals surface area contributed by atoms with Gasteiger partial charge in [0, 0.05) is 0 Å². The molecule has 2 nitrogen and oxygen atoms in total. The molecule has 0 bridgehead atoms. The highest BCUT2D eigenvalue weighted by Crippen LogP contribution is 1.56. The highest BCUT2D eigenvalue weighted by atomic mass is 14.4. The van der Waals surface area contributed by atoms with Crippen LogP contribution in [-0.4, -0.2) is 14.1 Å². The fraction of sp³-hybridized carbons (Fsp3) is 1.00. The van der Waals surface area contributed by atoms with Crippen LogP contribution in [0.2, 0.25) is 0 Å². The fourth-order valence-corrected chi connectivity index (χ4v) is 0. The molecule has 0 saturated heterocycles. The van der Waals surface area contributed by atoms with Crippen molar-refractivity contribution in [1.82, 2.24) is 0 Å². The van der Waals surface area contributed by atoms with E-state index in [9.17, 15) is 0 Å². The molecule has 2 heteroatoms. The molecular formula is C7H24N2. The van der Waals surface area contributed by atoms with Gasteiger partial charge in [-0.1, -0.05) is 34.1 Å². The first kappa shape index (κ1) is 23.1. The Kier molecular flexibility index (Phi) is 1150. The van der Waals surface area contributed by atoms with Gasteiger partial charge in [-0.3, -0.25) is 0 Å². The van der Waals surface area contributed by atoms with E-state index in [-0.39, 0.29) is 0 Å². The Bertz CT molecular complexity index is 6.88. The van der Waals surface area contributed by atoms with Crippen LogP contribution < -0.4 is 11.5 Å². The maximum Gasteiger partial charge on any atom is -0.0195 e. The number of nitrogens with two attached hydrogens (primary N) is 2. The van der Waals surface area contributed by atoms with Gasteiger partial charge in [-0.25, -0.2) is 0 Å². The molecule has 0 heterocycles. The molecule has 4 N–H and O–H groups in total. The van der Waals surface area contributed by atoms with Gasteiger partial charge >= 0.3 is 0 Å². The molecule has 0 aromatic carbocycles. The number of hydrogen-bond donors (Lipinski definition) is 2. The quantitative estimate of drug-likeness (QED) is 0.531. The van der Waals surface area contributed by atoms with E-state index < -0.39 is 0 Å². The average molecular weight is 136 g/mol. The molecule has 0 aliphatic rings. The van der Waals surface area contributed by atoms with Crippen LogP contribution in [-0.2, 0) is 0 Å². The second kappa shape index (κ2) is 448. The molecule has 0 atom stereocenters. The number of hydrogen-bond acceptors (Lipinski definition) is 2. The summed E-state index contributed by atoms with van der Waals surface area (Å²) in [5.41, 5.74) is 9.00. The molecule has 62 valence electrons. The van der Waals surface area contributed by atoms with Crippen molar-refractivity contribution in [3.63, 3.8) is 0 Å². The molecule has 0 amide bonds. The smallest absolute Gasteiger partial charge is 0.0195 e. The van der Waals surface area contributed by atoms with Crippen LogP contribution in [0.4, 0.5) is 0 Å². The Morgan fingerprint density at radius 1 is 0.778 bits per heavy atom. The zero-order valence-electron chi connectivity index (χ0n) is 7.86. The summed E-state index contributed by atoms with van der Waals surface area (Å²) in [4.78, 5) is 0. The zero-order chi connectivity index (χ0) is 8.71. The highest BCUT2D eigenvalue weighted by molar-refractivity contribution is 3.92. The van der Waals surface area contributed by atoms with Crippen LogP contribution in [0, 0.1) is 0 Å². The monoisotopic (exact) mass is 136 g/mol. The molecule has 0 rings (SSSR count). The summed E-state index contributed by atoms with van der Waals surface area (Å²) in [5.74, 6) is 0. The summed E-state index contributed by atoms with van der Waals surface area (Å²) in [7, 11) is 3.00. The first-order chi connectivity index (χ1) is 4.41. The Morgan fingerprint density at radius 2 is 0.778 bits per heavy atom. The van der Waals surface area contributed by atoms with Gasteiger partial charge in [0.2, 0.25) is 0 Å². The van der Waals surface area contributed by atoms with Crippen molar-refractivity contribution in [3.8, 4) is 0 Å². The topological polar surface area (TPSA) is 52.0 Å². The fourth-order valence-electron chi connectivity index (χ4n) is 0. The van der Waals surface area contributed by atoms with E-state index >= 15 is 0 Å². The number of rotatable bonds is 0. The minimum atomic E-state index is 1.25. The molecule has 0 saturated carbocycles. The minimum Gasteiger partial charge on any atom is -0.333 e. The summed E-state index contributed by atoms with van der Waals surface area (Å²) >= 11 is 0. The first-order valence-electron chi connectivity index (χ1n) is 3.57. The third-order valence-electron chi connectivity index (χ3n) is 0. The lowest BCUT2D eigenvalue weighted by Gasteiger charge is -1.48. The average Bonchev–Trinajstić information content (AvgIpc) is 2.01. The molecule has 0 aliphatic carbocycles. The Labute approximate surface area is 60.6 Å². The van der Waals surface area contributed by atoms with E-state index in [2.05, 4.69) is 25.3 Å². The van der Waals surface area contributed by atoms with Gasteiger partial charge < -0.3 is 11.5 Å². The third-order valence-corrected chi connectivity index (χ3v) is 0. The van der Waals surface area contributed by atoms with Gasteiger partial charge in [-0.15, -0.1) is 0 Å². The van der Waals surface area contributed by atoms with Crippen LogP contribution in [0.1, 0.15) is 34.1 Å². The molecular weight excluding hydrogens is 112 g/mol. The van der Waals surface area contributed by atoms with E-state index in [0.717, 1.165) is 0 Å². The van der Waals surface area contributed by atoms with Crippen molar-refractivity contribution in [3.05, 3.63) is 0 Å². The van der Waals surface area contributed by atoms with Crippen molar-refractivity contribution in [2.45, 2.75) is 34.1 Å². The zero-order valence-corrected chi connectivity index (χ0v) is 7.86. The van der Waals surface area contributed by atoms with Gasteiger partial charge in [-0.2, -0.15) is 0 Å². The van der Waals surface area contributed by atoms with Crippen LogP contribution in [0.25, 0.3) is 0 Å². The van der Waals surface area contributed by atoms with Crippen molar-refractivity contribution < 1.29 is 0 Å².